The van der Waals surface area contributed by atoms with Gasteiger partial charge < -0.3 is 4.57 Å². The van der Waals surface area contributed by atoms with Gasteiger partial charge in [-0.1, -0.05) is 71.4 Å². The number of hydrogen-bond donors (Lipinski definition) is 0. The number of aromatic nitrogens is 1. The molecule has 4 rings (SSSR count). The van der Waals surface area contributed by atoms with Crippen LogP contribution >= 0.6 is 47.2 Å². The number of halogens is 2. The third kappa shape index (κ3) is 3.48. The highest BCUT2D eigenvalue weighted by molar-refractivity contribution is 8.26. The van der Waals surface area contributed by atoms with E-state index in [2.05, 4.69) is 10.6 Å². The minimum Gasteiger partial charge on any atom is -0.342 e. The van der Waals surface area contributed by atoms with E-state index in [4.69, 9.17) is 35.4 Å². The van der Waals surface area contributed by atoms with Gasteiger partial charge in [0, 0.05) is 44.8 Å². The quantitative estimate of drug-likeness (QED) is 0.351. The molecule has 3 aromatic rings. The topological polar surface area (TPSA) is 25.2 Å². The van der Waals surface area contributed by atoms with Gasteiger partial charge in [0.05, 0.1) is 11.4 Å². The van der Waals surface area contributed by atoms with Crippen molar-refractivity contribution in [2.75, 3.05) is 6.54 Å². The molecule has 1 aliphatic heterocycles. The lowest BCUT2D eigenvalue weighted by Crippen LogP contribution is -2.27. The maximum atomic E-state index is 12.6. The van der Waals surface area contributed by atoms with Crippen molar-refractivity contribution in [2.24, 2.45) is 0 Å². The monoisotopic (exact) mass is 446 g/mol. The SMILES string of the molecule is CCN1C(=O)/C(=C\c2cn(Cc3c(Cl)cccc3Cl)c3ccccc23)SC1=S. The lowest BCUT2D eigenvalue weighted by molar-refractivity contribution is -0.121. The molecule has 28 heavy (non-hydrogen) atoms. The van der Waals surface area contributed by atoms with Crippen molar-refractivity contribution >= 4 is 74.4 Å². The zero-order chi connectivity index (χ0) is 19.8. The molecule has 0 saturated carbocycles. The summed E-state index contributed by atoms with van der Waals surface area (Å²) in [6, 6.07) is 13.6. The Bertz CT molecular complexity index is 1120. The Morgan fingerprint density at radius 2 is 1.82 bits per heavy atom. The second-order valence-electron chi connectivity index (χ2n) is 6.36. The van der Waals surface area contributed by atoms with Crippen molar-refractivity contribution in [1.29, 1.82) is 0 Å². The van der Waals surface area contributed by atoms with Gasteiger partial charge in [0.25, 0.3) is 5.91 Å². The first-order valence-corrected chi connectivity index (χ1v) is 10.7. The summed E-state index contributed by atoms with van der Waals surface area (Å²) in [4.78, 5) is 14.8. The Hall–Kier alpha value is -1.79. The molecule has 0 spiro atoms. The molecule has 1 saturated heterocycles. The molecule has 7 heteroatoms. The van der Waals surface area contributed by atoms with E-state index in [9.17, 15) is 4.79 Å². The average Bonchev–Trinajstić information content (AvgIpc) is 3.15. The van der Waals surface area contributed by atoms with E-state index in [0.717, 1.165) is 22.0 Å². The van der Waals surface area contributed by atoms with E-state index in [1.54, 1.807) is 4.90 Å². The van der Waals surface area contributed by atoms with Crippen LogP contribution in [-0.4, -0.2) is 26.2 Å². The Morgan fingerprint density at radius 1 is 1.11 bits per heavy atom. The largest absolute Gasteiger partial charge is 0.342 e. The zero-order valence-corrected chi connectivity index (χ0v) is 18.1. The van der Waals surface area contributed by atoms with E-state index in [-0.39, 0.29) is 5.91 Å². The Balaban J connectivity index is 1.79. The molecule has 2 heterocycles. The van der Waals surface area contributed by atoms with E-state index in [1.165, 1.54) is 11.8 Å². The molecule has 0 unspecified atom stereocenters. The number of benzene rings is 2. The number of amides is 1. The molecule has 0 bridgehead atoms. The first-order chi connectivity index (χ1) is 13.5. The Labute approximate surface area is 182 Å². The number of rotatable bonds is 4. The molecule has 1 aromatic heterocycles. The van der Waals surface area contributed by atoms with Crippen LogP contribution < -0.4 is 0 Å². The van der Waals surface area contributed by atoms with Crippen LogP contribution in [0, 0.1) is 0 Å². The number of likely N-dealkylation sites (N-methyl/N-ethyl adjacent to an activating group) is 1. The summed E-state index contributed by atoms with van der Waals surface area (Å²) in [5, 5.41) is 2.33. The molecular formula is C21H16Cl2N2OS2. The van der Waals surface area contributed by atoms with Crippen LogP contribution in [0.1, 0.15) is 18.1 Å². The predicted molar refractivity (Wildman–Crippen MR) is 123 cm³/mol. The lowest BCUT2D eigenvalue weighted by Gasteiger charge is -2.09. The second-order valence-corrected chi connectivity index (χ2v) is 8.85. The molecule has 0 radical (unpaired) electrons. The number of carbonyl (C=O) groups excluding carboxylic acids is 1. The van der Waals surface area contributed by atoms with Crippen molar-refractivity contribution in [3.05, 3.63) is 74.7 Å². The maximum Gasteiger partial charge on any atom is 0.266 e. The summed E-state index contributed by atoms with van der Waals surface area (Å²) in [7, 11) is 0. The molecule has 2 aromatic carbocycles. The first-order valence-electron chi connectivity index (χ1n) is 8.75. The van der Waals surface area contributed by atoms with Crippen molar-refractivity contribution in [2.45, 2.75) is 13.5 Å². The molecule has 0 N–H and O–H groups in total. The summed E-state index contributed by atoms with van der Waals surface area (Å²) in [5.74, 6) is -0.0384. The van der Waals surface area contributed by atoms with Gasteiger partial charge in [-0.05, 0) is 31.2 Å². The van der Waals surface area contributed by atoms with Gasteiger partial charge in [-0.25, -0.2) is 0 Å². The first kappa shape index (κ1) is 19.5. The van der Waals surface area contributed by atoms with E-state index >= 15 is 0 Å². The van der Waals surface area contributed by atoms with Gasteiger partial charge in [0.2, 0.25) is 0 Å². The van der Waals surface area contributed by atoms with Gasteiger partial charge >= 0.3 is 0 Å². The van der Waals surface area contributed by atoms with Crippen LogP contribution in [0.4, 0.5) is 0 Å². The van der Waals surface area contributed by atoms with Crippen LogP contribution in [0.2, 0.25) is 10.0 Å². The highest BCUT2D eigenvalue weighted by Gasteiger charge is 2.30. The molecule has 1 amide bonds. The van der Waals surface area contributed by atoms with Gasteiger partial charge in [0.15, 0.2) is 0 Å². The molecular weight excluding hydrogens is 431 g/mol. The number of thioether (sulfide) groups is 1. The van der Waals surface area contributed by atoms with Gasteiger partial charge in [-0.3, -0.25) is 9.69 Å². The number of fused-ring (bicyclic) bond motifs is 1. The lowest BCUT2D eigenvalue weighted by atomic mass is 10.1. The minimum absolute atomic E-state index is 0.0384. The predicted octanol–water partition coefficient (Wildman–Crippen LogP) is 6.22. The van der Waals surface area contributed by atoms with Crippen molar-refractivity contribution < 1.29 is 4.79 Å². The number of hydrogen-bond acceptors (Lipinski definition) is 3. The van der Waals surface area contributed by atoms with Crippen molar-refractivity contribution in [1.82, 2.24) is 9.47 Å². The maximum absolute atomic E-state index is 12.6. The molecule has 142 valence electrons. The highest BCUT2D eigenvalue weighted by atomic mass is 35.5. The second kappa shape index (κ2) is 7.91. The molecule has 0 atom stereocenters. The number of nitrogens with zero attached hydrogens (tertiary/aromatic N) is 2. The summed E-state index contributed by atoms with van der Waals surface area (Å²) in [6.07, 6.45) is 3.95. The molecule has 3 nitrogen and oxygen atoms in total. The van der Waals surface area contributed by atoms with E-state index in [1.807, 2.05) is 55.6 Å². The summed E-state index contributed by atoms with van der Waals surface area (Å²) in [5.41, 5.74) is 2.89. The average molecular weight is 447 g/mol. The van der Waals surface area contributed by atoms with Crippen molar-refractivity contribution in [3.63, 3.8) is 0 Å². The number of carbonyl (C=O) groups is 1. The van der Waals surface area contributed by atoms with Gasteiger partial charge in [0.1, 0.15) is 4.32 Å². The fraction of sp³-hybridized carbons (Fsp3) is 0.143. The smallest absolute Gasteiger partial charge is 0.266 e. The van der Waals surface area contributed by atoms with Crippen molar-refractivity contribution in [3.8, 4) is 0 Å². The van der Waals surface area contributed by atoms with Crippen LogP contribution in [0.3, 0.4) is 0 Å². The van der Waals surface area contributed by atoms with Crippen LogP contribution in [0.5, 0.6) is 0 Å². The zero-order valence-electron chi connectivity index (χ0n) is 15.0. The van der Waals surface area contributed by atoms with E-state index < -0.39 is 0 Å². The third-order valence-corrected chi connectivity index (χ3v) is 6.77. The summed E-state index contributed by atoms with van der Waals surface area (Å²) in [6.45, 7) is 3.05. The normalized spacial score (nSPS) is 16.0. The number of para-hydroxylation sites is 1. The molecule has 1 fully saturated rings. The standard InChI is InChI=1S/C21H16Cl2N2OS2/c1-2-25-20(26)19(28-21(25)27)10-13-11-24(18-9-4-3-6-14(13)18)12-15-16(22)7-5-8-17(15)23/h3-11H,2,12H2,1H3/b19-10+. The van der Waals surface area contributed by atoms with Crippen LogP contribution in [0.25, 0.3) is 17.0 Å². The minimum atomic E-state index is -0.0384. The summed E-state index contributed by atoms with van der Waals surface area (Å²) >= 11 is 19.4. The van der Waals surface area contributed by atoms with E-state index in [0.29, 0.717) is 32.4 Å². The summed E-state index contributed by atoms with van der Waals surface area (Å²) < 4.78 is 2.71. The van der Waals surface area contributed by atoms with Crippen LogP contribution in [0.15, 0.2) is 53.6 Å². The third-order valence-electron chi connectivity index (χ3n) is 4.69. The fourth-order valence-electron chi connectivity index (χ4n) is 3.29. The van der Waals surface area contributed by atoms with Crippen LogP contribution in [-0.2, 0) is 11.3 Å². The molecule has 1 aliphatic rings. The fourth-order valence-corrected chi connectivity index (χ4v) is 5.18. The van der Waals surface area contributed by atoms with Gasteiger partial charge in [-0.15, -0.1) is 0 Å². The van der Waals surface area contributed by atoms with Gasteiger partial charge in [-0.2, -0.15) is 0 Å². The highest BCUT2D eigenvalue weighted by Crippen LogP contribution is 2.35. The number of thiocarbonyl (C=S) groups is 1. The molecule has 0 aliphatic carbocycles. The Morgan fingerprint density at radius 3 is 2.50 bits per heavy atom. The Kier molecular flexibility index (Phi) is 5.52.